The van der Waals surface area contributed by atoms with Gasteiger partial charge in [0.05, 0.1) is 25.1 Å². The Morgan fingerprint density at radius 3 is 2.46 bits per heavy atom. The van der Waals surface area contributed by atoms with Gasteiger partial charge in [-0.2, -0.15) is 0 Å². The summed E-state index contributed by atoms with van der Waals surface area (Å²) in [5.74, 6) is 1.85. The van der Waals surface area contributed by atoms with Gasteiger partial charge in [-0.1, -0.05) is 36.0 Å². The molecule has 1 amide bonds. The van der Waals surface area contributed by atoms with Gasteiger partial charge in [0, 0.05) is 31.2 Å². The SMILES string of the molecule is CN1c2nccc(Sc3ncc(N4CCC5(CC4)Cc4ccccc4C5)nc3N)c2NC(=O)C12COC2. The summed E-state index contributed by atoms with van der Waals surface area (Å²) in [5, 5.41) is 3.66. The maximum atomic E-state index is 12.9. The highest BCUT2D eigenvalue weighted by Crippen LogP contribution is 2.46. The molecule has 4 aliphatic rings. The van der Waals surface area contributed by atoms with Crippen LogP contribution in [0.25, 0.3) is 0 Å². The molecule has 0 unspecified atom stereocenters. The second-order valence-electron chi connectivity index (χ2n) is 10.7. The number of nitrogens with two attached hydrogens (primary N) is 1. The van der Waals surface area contributed by atoms with E-state index in [9.17, 15) is 4.79 Å². The van der Waals surface area contributed by atoms with E-state index in [0.29, 0.717) is 41.0 Å². The monoisotopic (exact) mass is 515 g/mol. The molecule has 5 heterocycles. The van der Waals surface area contributed by atoms with Crippen LogP contribution in [-0.2, 0) is 22.4 Å². The number of fused-ring (bicyclic) bond motifs is 2. The van der Waals surface area contributed by atoms with Crippen LogP contribution < -0.4 is 20.9 Å². The van der Waals surface area contributed by atoms with Gasteiger partial charge in [-0.15, -0.1) is 0 Å². The molecule has 2 saturated heterocycles. The zero-order chi connectivity index (χ0) is 25.2. The number of rotatable bonds is 3. The van der Waals surface area contributed by atoms with E-state index in [1.54, 1.807) is 6.20 Å². The van der Waals surface area contributed by atoms with Crippen molar-refractivity contribution in [3.63, 3.8) is 0 Å². The van der Waals surface area contributed by atoms with E-state index >= 15 is 0 Å². The van der Waals surface area contributed by atoms with Crippen molar-refractivity contribution in [2.75, 3.05) is 54.2 Å². The summed E-state index contributed by atoms with van der Waals surface area (Å²) in [6.45, 7) is 2.63. The van der Waals surface area contributed by atoms with Gasteiger partial charge in [-0.3, -0.25) is 4.79 Å². The Labute approximate surface area is 219 Å². The molecule has 2 aromatic heterocycles. The normalized spacial score (nSPS) is 20.9. The summed E-state index contributed by atoms with van der Waals surface area (Å²) in [6, 6.07) is 10.7. The van der Waals surface area contributed by atoms with E-state index < -0.39 is 5.54 Å². The fourth-order valence-corrected chi connectivity index (χ4v) is 6.99. The van der Waals surface area contributed by atoms with Crippen LogP contribution in [0.1, 0.15) is 24.0 Å². The predicted octanol–water partition coefficient (Wildman–Crippen LogP) is 3.15. The number of carbonyl (C=O) groups excluding carboxylic acids is 1. The van der Waals surface area contributed by atoms with Crippen molar-refractivity contribution in [1.82, 2.24) is 15.0 Å². The number of piperidine rings is 1. The van der Waals surface area contributed by atoms with Crippen molar-refractivity contribution in [3.05, 3.63) is 53.9 Å². The third kappa shape index (κ3) is 3.57. The Kier molecular flexibility index (Phi) is 5.13. The Bertz CT molecular complexity index is 1370. The molecule has 3 aromatic rings. The summed E-state index contributed by atoms with van der Waals surface area (Å²) in [7, 11) is 1.89. The van der Waals surface area contributed by atoms with Crippen molar-refractivity contribution in [3.8, 4) is 0 Å². The minimum absolute atomic E-state index is 0.0776. The molecule has 1 aliphatic carbocycles. The molecule has 1 aromatic carbocycles. The van der Waals surface area contributed by atoms with E-state index in [1.165, 1.54) is 35.7 Å². The first-order chi connectivity index (χ1) is 18.0. The first-order valence-electron chi connectivity index (χ1n) is 12.7. The fraction of sp³-hybridized carbons (Fsp3) is 0.407. The topological polar surface area (TPSA) is 110 Å². The number of nitrogen functional groups attached to an aromatic ring is 1. The zero-order valence-electron chi connectivity index (χ0n) is 20.7. The lowest BCUT2D eigenvalue weighted by atomic mass is 9.76. The number of carbonyl (C=O) groups is 1. The van der Waals surface area contributed by atoms with Gasteiger partial charge in [-0.05, 0) is 48.3 Å². The molecule has 2 fully saturated rings. The van der Waals surface area contributed by atoms with Gasteiger partial charge >= 0.3 is 0 Å². The van der Waals surface area contributed by atoms with E-state index in [2.05, 4.69) is 44.5 Å². The molecule has 9 nitrogen and oxygen atoms in total. The van der Waals surface area contributed by atoms with Crippen LogP contribution in [0.15, 0.2) is 52.6 Å². The van der Waals surface area contributed by atoms with Gasteiger partial charge < -0.3 is 25.6 Å². The molecule has 7 rings (SSSR count). The predicted molar refractivity (Wildman–Crippen MR) is 143 cm³/mol. The molecule has 10 heteroatoms. The molecule has 3 aliphatic heterocycles. The second-order valence-corrected chi connectivity index (χ2v) is 11.7. The number of benzene rings is 1. The molecule has 0 bridgehead atoms. The number of hydrogen-bond donors (Lipinski definition) is 2. The maximum absolute atomic E-state index is 12.9. The summed E-state index contributed by atoms with van der Waals surface area (Å²) in [5.41, 5.74) is 9.78. The Balaban J connectivity index is 1.07. The van der Waals surface area contributed by atoms with Crippen LogP contribution in [-0.4, -0.2) is 59.7 Å². The lowest BCUT2D eigenvalue weighted by Gasteiger charge is -2.49. The summed E-state index contributed by atoms with van der Waals surface area (Å²) in [4.78, 5) is 31.9. The second kappa shape index (κ2) is 8.32. The minimum Gasteiger partial charge on any atom is -0.381 e. The molecule has 37 heavy (non-hydrogen) atoms. The molecule has 0 saturated carbocycles. The van der Waals surface area contributed by atoms with Crippen LogP contribution in [0.4, 0.5) is 23.1 Å². The number of nitrogens with zero attached hydrogens (tertiary/aromatic N) is 5. The number of anilines is 4. The molecule has 0 radical (unpaired) electrons. The highest BCUT2D eigenvalue weighted by atomic mass is 32.2. The highest BCUT2D eigenvalue weighted by molar-refractivity contribution is 7.99. The third-order valence-electron chi connectivity index (χ3n) is 8.55. The van der Waals surface area contributed by atoms with E-state index in [1.807, 2.05) is 24.2 Å². The maximum Gasteiger partial charge on any atom is 0.255 e. The van der Waals surface area contributed by atoms with E-state index in [4.69, 9.17) is 15.5 Å². The number of aromatic nitrogens is 3. The van der Waals surface area contributed by atoms with Gasteiger partial charge in [0.15, 0.2) is 17.2 Å². The van der Waals surface area contributed by atoms with Crippen LogP contribution in [0, 0.1) is 5.41 Å². The minimum atomic E-state index is -0.682. The van der Waals surface area contributed by atoms with Gasteiger partial charge in [0.2, 0.25) is 0 Å². The van der Waals surface area contributed by atoms with E-state index in [0.717, 1.165) is 36.6 Å². The van der Waals surface area contributed by atoms with Crippen molar-refractivity contribution in [2.45, 2.75) is 41.1 Å². The first-order valence-corrected chi connectivity index (χ1v) is 13.5. The lowest BCUT2D eigenvalue weighted by molar-refractivity contribution is -0.138. The Morgan fingerprint density at radius 1 is 1.08 bits per heavy atom. The van der Waals surface area contributed by atoms with Crippen molar-refractivity contribution in [2.24, 2.45) is 5.41 Å². The molecule has 2 spiro atoms. The molecule has 190 valence electrons. The Hall–Kier alpha value is -3.37. The largest absolute Gasteiger partial charge is 0.381 e. The molecule has 0 atom stereocenters. The summed E-state index contributed by atoms with van der Waals surface area (Å²) in [6.07, 6.45) is 8.20. The van der Waals surface area contributed by atoms with Crippen LogP contribution in [0.3, 0.4) is 0 Å². The van der Waals surface area contributed by atoms with Crippen molar-refractivity contribution < 1.29 is 9.53 Å². The number of pyridine rings is 1. The molecular formula is C27H29N7O2S. The average molecular weight is 516 g/mol. The number of ether oxygens (including phenoxy) is 1. The van der Waals surface area contributed by atoms with Crippen LogP contribution in [0.2, 0.25) is 0 Å². The van der Waals surface area contributed by atoms with Crippen LogP contribution in [0.5, 0.6) is 0 Å². The van der Waals surface area contributed by atoms with Crippen molar-refractivity contribution in [1.29, 1.82) is 0 Å². The number of hydrogen-bond acceptors (Lipinski definition) is 9. The highest BCUT2D eigenvalue weighted by Gasteiger charge is 2.53. The molecular weight excluding hydrogens is 486 g/mol. The van der Waals surface area contributed by atoms with Gasteiger partial charge in [0.25, 0.3) is 5.91 Å². The summed E-state index contributed by atoms with van der Waals surface area (Å²) < 4.78 is 5.34. The van der Waals surface area contributed by atoms with Gasteiger partial charge in [-0.25, -0.2) is 15.0 Å². The number of nitrogens with one attached hydrogen (secondary N) is 1. The Morgan fingerprint density at radius 2 is 1.81 bits per heavy atom. The standard InChI is InChI=1S/C27H29N7O2S/c1-33-23-21(32-25(35)27(33)15-36-16-27)19(6-9-29-23)37-24-22(28)31-20(14-30-24)34-10-7-26(8-11-34)12-17-4-2-3-5-18(17)13-26/h2-6,9,14H,7-8,10-13,15-16H2,1H3,(H2,28,31)(H,32,35). The average Bonchev–Trinajstić information content (AvgIpc) is 3.23. The van der Waals surface area contributed by atoms with Gasteiger partial charge in [0.1, 0.15) is 10.8 Å². The third-order valence-corrected chi connectivity index (χ3v) is 9.62. The zero-order valence-corrected chi connectivity index (χ0v) is 21.6. The smallest absolute Gasteiger partial charge is 0.255 e. The lowest BCUT2D eigenvalue weighted by Crippen LogP contribution is -2.70. The van der Waals surface area contributed by atoms with Crippen LogP contribution >= 0.6 is 11.8 Å². The first kappa shape index (κ1) is 22.8. The fourth-order valence-electron chi connectivity index (χ4n) is 6.15. The van der Waals surface area contributed by atoms with E-state index in [-0.39, 0.29) is 5.91 Å². The number of amides is 1. The molecule has 3 N–H and O–H groups in total. The van der Waals surface area contributed by atoms with Crippen molar-refractivity contribution >= 4 is 40.8 Å². The quantitative estimate of drug-likeness (QED) is 0.544. The number of likely N-dealkylation sites (N-methyl/N-ethyl adjacent to an activating group) is 1. The summed E-state index contributed by atoms with van der Waals surface area (Å²) >= 11 is 1.39.